The number of aryl methyl sites for hydroxylation is 1. The molecule has 0 aliphatic rings. The van der Waals surface area contributed by atoms with Gasteiger partial charge in [-0.2, -0.15) is 0 Å². The van der Waals surface area contributed by atoms with Crippen LogP contribution in [0.3, 0.4) is 0 Å². The van der Waals surface area contributed by atoms with Crippen LogP contribution in [0.4, 0.5) is 0 Å². The third kappa shape index (κ3) is 3.59. The normalized spacial score (nSPS) is 14.2. The summed E-state index contributed by atoms with van der Waals surface area (Å²) in [5.41, 5.74) is 9.36. The maximum atomic E-state index is 6.47. The van der Waals surface area contributed by atoms with Crippen molar-refractivity contribution in [3.63, 3.8) is 0 Å². The monoisotopic (exact) mass is 337 g/mol. The Bertz CT molecular complexity index is 593. The minimum Gasteiger partial charge on any atom is -0.321 e. The summed E-state index contributed by atoms with van der Waals surface area (Å²) in [5, 5.41) is 0.784. The first kappa shape index (κ1) is 14.6. The van der Waals surface area contributed by atoms with Gasteiger partial charge in [0.2, 0.25) is 0 Å². The van der Waals surface area contributed by atoms with Crippen molar-refractivity contribution in [1.29, 1.82) is 0 Å². The van der Waals surface area contributed by atoms with E-state index in [0.717, 1.165) is 26.2 Å². The molecule has 0 spiro atoms. The Balaban J connectivity index is 2.30. The van der Waals surface area contributed by atoms with Gasteiger partial charge in [0.1, 0.15) is 0 Å². The van der Waals surface area contributed by atoms with Gasteiger partial charge < -0.3 is 5.73 Å². The SMILES string of the molecule is Cc1ccc(CC(C)(N)c2cccc(Br)c2)c(Cl)c1. The molecule has 0 heterocycles. The highest BCUT2D eigenvalue weighted by Gasteiger charge is 2.23. The molecule has 1 atom stereocenters. The molecule has 2 aromatic rings. The first-order chi connectivity index (χ1) is 8.88. The van der Waals surface area contributed by atoms with Crippen LogP contribution in [-0.4, -0.2) is 0 Å². The second kappa shape index (κ2) is 5.66. The van der Waals surface area contributed by atoms with Gasteiger partial charge >= 0.3 is 0 Å². The standard InChI is InChI=1S/C16H17BrClN/c1-11-6-7-12(15(18)8-11)10-16(2,19)13-4-3-5-14(17)9-13/h3-9H,10,19H2,1-2H3. The topological polar surface area (TPSA) is 26.0 Å². The highest BCUT2D eigenvalue weighted by molar-refractivity contribution is 9.10. The van der Waals surface area contributed by atoms with Gasteiger partial charge in [-0.05, 0) is 55.2 Å². The molecule has 1 nitrogen and oxygen atoms in total. The number of hydrogen-bond donors (Lipinski definition) is 1. The van der Waals surface area contributed by atoms with E-state index in [4.69, 9.17) is 17.3 Å². The van der Waals surface area contributed by atoms with E-state index in [1.807, 2.05) is 38.1 Å². The van der Waals surface area contributed by atoms with Crippen LogP contribution >= 0.6 is 27.5 Å². The Morgan fingerprint density at radius 1 is 1.21 bits per heavy atom. The van der Waals surface area contributed by atoms with E-state index in [-0.39, 0.29) is 0 Å². The molecule has 2 N–H and O–H groups in total. The van der Waals surface area contributed by atoms with Crippen molar-refractivity contribution in [2.24, 2.45) is 5.73 Å². The Morgan fingerprint density at radius 3 is 2.58 bits per heavy atom. The van der Waals surface area contributed by atoms with Crippen LogP contribution in [0.15, 0.2) is 46.9 Å². The zero-order valence-corrected chi connectivity index (χ0v) is 13.4. The lowest BCUT2D eigenvalue weighted by molar-refractivity contribution is 0.491. The summed E-state index contributed by atoms with van der Waals surface area (Å²) in [6.07, 6.45) is 0.711. The molecule has 0 aromatic heterocycles. The molecule has 1 unspecified atom stereocenters. The minimum absolute atomic E-state index is 0.442. The van der Waals surface area contributed by atoms with Crippen molar-refractivity contribution in [2.75, 3.05) is 0 Å². The second-order valence-electron chi connectivity index (χ2n) is 5.20. The number of hydrogen-bond acceptors (Lipinski definition) is 1. The molecule has 19 heavy (non-hydrogen) atoms. The molecular weight excluding hydrogens is 322 g/mol. The molecule has 2 aromatic carbocycles. The van der Waals surface area contributed by atoms with Gasteiger partial charge in [0.05, 0.1) is 0 Å². The average molecular weight is 339 g/mol. The van der Waals surface area contributed by atoms with Crippen LogP contribution < -0.4 is 5.73 Å². The molecule has 2 rings (SSSR count). The minimum atomic E-state index is -0.442. The first-order valence-corrected chi connectivity index (χ1v) is 7.35. The zero-order chi connectivity index (χ0) is 14.0. The zero-order valence-electron chi connectivity index (χ0n) is 11.1. The molecule has 0 aliphatic heterocycles. The third-order valence-corrected chi connectivity index (χ3v) is 4.10. The van der Waals surface area contributed by atoms with Crippen molar-refractivity contribution in [1.82, 2.24) is 0 Å². The van der Waals surface area contributed by atoms with Crippen LogP contribution in [0.1, 0.15) is 23.6 Å². The highest BCUT2D eigenvalue weighted by atomic mass is 79.9. The van der Waals surface area contributed by atoms with Gasteiger partial charge in [-0.15, -0.1) is 0 Å². The predicted octanol–water partition coefficient (Wildman–Crippen LogP) is 4.83. The summed E-state index contributed by atoms with van der Waals surface area (Å²) < 4.78 is 1.04. The van der Waals surface area contributed by atoms with Crippen molar-refractivity contribution in [2.45, 2.75) is 25.8 Å². The molecule has 0 bridgehead atoms. The van der Waals surface area contributed by atoms with Gasteiger partial charge in [-0.1, -0.05) is 51.8 Å². The van der Waals surface area contributed by atoms with E-state index in [1.165, 1.54) is 0 Å². The lowest BCUT2D eigenvalue weighted by Gasteiger charge is -2.26. The van der Waals surface area contributed by atoms with E-state index in [2.05, 4.69) is 34.1 Å². The van der Waals surface area contributed by atoms with Crippen LogP contribution in [0.2, 0.25) is 5.02 Å². The first-order valence-electron chi connectivity index (χ1n) is 6.18. The van der Waals surface area contributed by atoms with Crippen LogP contribution in [0.5, 0.6) is 0 Å². The van der Waals surface area contributed by atoms with Crippen LogP contribution in [0.25, 0.3) is 0 Å². The summed E-state index contributed by atoms with van der Waals surface area (Å²) >= 11 is 9.77. The molecule has 0 saturated heterocycles. The van der Waals surface area contributed by atoms with Gasteiger partial charge in [0, 0.05) is 15.0 Å². The van der Waals surface area contributed by atoms with E-state index < -0.39 is 5.54 Å². The molecule has 0 saturated carbocycles. The van der Waals surface area contributed by atoms with Gasteiger partial charge in [0.15, 0.2) is 0 Å². The smallest absolute Gasteiger partial charge is 0.0441 e. The largest absolute Gasteiger partial charge is 0.321 e. The number of halogens is 2. The van der Waals surface area contributed by atoms with E-state index in [9.17, 15) is 0 Å². The van der Waals surface area contributed by atoms with Crippen LogP contribution in [0, 0.1) is 6.92 Å². The summed E-state index contributed by atoms with van der Waals surface area (Å²) in [4.78, 5) is 0. The number of benzene rings is 2. The molecule has 100 valence electrons. The maximum absolute atomic E-state index is 6.47. The van der Waals surface area contributed by atoms with Crippen molar-refractivity contribution in [3.8, 4) is 0 Å². The fourth-order valence-electron chi connectivity index (χ4n) is 2.14. The predicted molar refractivity (Wildman–Crippen MR) is 85.6 cm³/mol. The molecule has 0 radical (unpaired) electrons. The lowest BCUT2D eigenvalue weighted by atomic mass is 9.86. The molecule has 3 heteroatoms. The molecule has 0 fully saturated rings. The van der Waals surface area contributed by atoms with Gasteiger partial charge in [-0.25, -0.2) is 0 Å². The summed E-state index contributed by atoms with van der Waals surface area (Å²) in [6, 6.07) is 14.2. The van der Waals surface area contributed by atoms with Crippen molar-refractivity contribution in [3.05, 3.63) is 68.7 Å². The summed E-state index contributed by atoms with van der Waals surface area (Å²) in [6.45, 7) is 4.07. The van der Waals surface area contributed by atoms with Crippen molar-refractivity contribution < 1.29 is 0 Å². The Labute approximate surface area is 127 Å². The van der Waals surface area contributed by atoms with E-state index in [0.29, 0.717) is 6.42 Å². The Morgan fingerprint density at radius 2 is 1.95 bits per heavy atom. The van der Waals surface area contributed by atoms with Gasteiger partial charge in [-0.3, -0.25) is 0 Å². The summed E-state index contributed by atoms with van der Waals surface area (Å²) in [7, 11) is 0. The third-order valence-electron chi connectivity index (χ3n) is 3.25. The summed E-state index contributed by atoms with van der Waals surface area (Å²) in [5.74, 6) is 0. The average Bonchev–Trinajstić information content (AvgIpc) is 2.33. The Kier molecular flexibility index (Phi) is 4.34. The quantitative estimate of drug-likeness (QED) is 0.852. The molecular formula is C16H17BrClN. The van der Waals surface area contributed by atoms with Crippen molar-refractivity contribution >= 4 is 27.5 Å². The lowest BCUT2D eigenvalue weighted by Crippen LogP contribution is -2.35. The Hall–Kier alpha value is -0.830. The second-order valence-corrected chi connectivity index (χ2v) is 6.52. The van der Waals surface area contributed by atoms with Crippen LogP contribution in [-0.2, 0) is 12.0 Å². The fraction of sp³-hybridized carbons (Fsp3) is 0.250. The fourth-order valence-corrected chi connectivity index (χ4v) is 2.84. The maximum Gasteiger partial charge on any atom is 0.0441 e. The molecule has 0 amide bonds. The highest BCUT2D eigenvalue weighted by Crippen LogP contribution is 2.28. The number of rotatable bonds is 3. The molecule has 0 aliphatic carbocycles. The van der Waals surface area contributed by atoms with E-state index >= 15 is 0 Å². The van der Waals surface area contributed by atoms with E-state index in [1.54, 1.807) is 0 Å². The van der Waals surface area contributed by atoms with Gasteiger partial charge in [0.25, 0.3) is 0 Å². The number of nitrogens with two attached hydrogens (primary N) is 1.